The van der Waals surface area contributed by atoms with Crippen LogP contribution in [0, 0.1) is 0 Å². The van der Waals surface area contributed by atoms with Crippen LogP contribution in [0.25, 0.3) is 0 Å². The predicted molar refractivity (Wildman–Crippen MR) is 83.5 cm³/mol. The van der Waals surface area contributed by atoms with Crippen LogP contribution in [0.15, 0.2) is 47.8 Å². The second-order valence-corrected chi connectivity index (χ2v) is 4.25. The Morgan fingerprint density at radius 2 is 2.23 bits per heavy atom. The maximum atomic E-state index is 11.8. The molecular weight excluding hydrogens is 282 g/mol. The highest BCUT2D eigenvalue weighted by molar-refractivity contribution is 5.94. The number of amides is 1. The molecule has 1 aromatic carbocycles. The minimum Gasteiger partial charge on any atom is -0.493 e. The highest BCUT2D eigenvalue weighted by Gasteiger charge is 2.08. The molecule has 22 heavy (non-hydrogen) atoms. The smallest absolute Gasteiger partial charge is 0.272 e. The highest BCUT2D eigenvalue weighted by atomic mass is 16.5. The van der Waals surface area contributed by atoms with E-state index < -0.39 is 0 Å². The van der Waals surface area contributed by atoms with Crippen LogP contribution in [0.5, 0.6) is 11.5 Å². The summed E-state index contributed by atoms with van der Waals surface area (Å²) in [6.07, 6.45) is 4.59. The van der Waals surface area contributed by atoms with E-state index in [2.05, 4.69) is 15.5 Å². The van der Waals surface area contributed by atoms with Gasteiger partial charge in [0.25, 0.3) is 5.91 Å². The zero-order valence-corrected chi connectivity index (χ0v) is 12.4. The summed E-state index contributed by atoms with van der Waals surface area (Å²) in [5.74, 6) is 0.876. The standard InChI is InChI=1S/C16H17N3O3/c1-3-22-15-12(6-4-8-14(15)21-2)11-18-19-16(20)13-7-5-9-17-10-13/h4-11H,3H2,1-2H3,(H,19,20)/b18-11-. The molecule has 2 aromatic rings. The molecule has 0 aliphatic heterocycles. The second-order valence-electron chi connectivity index (χ2n) is 4.25. The zero-order valence-electron chi connectivity index (χ0n) is 12.4. The molecule has 0 atom stereocenters. The van der Waals surface area contributed by atoms with Crippen LogP contribution >= 0.6 is 0 Å². The fourth-order valence-electron chi connectivity index (χ4n) is 1.82. The van der Waals surface area contributed by atoms with Gasteiger partial charge in [-0.2, -0.15) is 5.10 Å². The molecule has 0 fully saturated rings. The number of carbonyl (C=O) groups excluding carboxylic acids is 1. The van der Waals surface area contributed by atoms with E-state index in [4.69, 9.17) is 9.47 Å². The molecule has 0 saturated heterocycles. The maximum Gasteiger partial charge on any atom is 0.272 e. The van der Waals surface area contributed by atoms with Gasteiger partial charge in [0.05, 0.1) is 25.5 Å². The third-order valence-electron chi connectivity index (χ3n) is 2.81. The lowest BCUT2D eigenvalue weighted by Crippen LogP contribution is -2.17. The third-order valence-corrected chi connectivity index (χ3v) is 2.81. The molecule has 0 aliphatic rings. The molecule has 6 nitrogen and oxygen atoms in total. The Morgan fingerprint density at radius 1 is 1.36 bits per heavy atom. The summed E-state index contributed by atoms with van der Waals surface area (Å²) in [6.45, 7) is 2.39. The topological polar surface area (TPSA) is 72.8 Å². The van der Waals surface area contributed by atoms with Gasteiger partial charge >= 0.3 is 0 Å². The maximum absolute atomic E-state index is 11.8. The summed E-state index contributed by atoms with van der Waals surface area (Å²) < 4.78 is 10.8. The minimum atomic E-state index is -0.329. The minimum absolute atomic E-state index is 0.329. The Balaban J connectivity index is 2.11. The first-order chi connectivity index (χ1) is 10.8. The van der Waals surface area contributed by atoms with Crippen molar-refractivity contribution in [1.82, 2.24) is 10.4 Å². The number of hydrogen-bond donors (Lipinski definition) is 1. The average molecular weight is 299 g/mol. The number of hydrogen-bond acceptors (Lipinski definition) is 5. The van der Waals surface area contributed by atoms with Gasteiger partial charge in [0.2, 0.25) is 0 Å². The van der Waals surface area contributed by atoms with E-state index in [-0.39, 0.29) is 5.91 Å². The van der Waals surface area contributed by atoms with Crippen LogP contribution < -0.4 is 14.9 Å². The third kappa shape index (κ3) is 3.82. The van der Waals surface area contributed by atoms with Gasteiger partial charge in [-0.3, -0.25) is 9.78 Å². The number of aromatic nitrogens is 1. The summed E-state index contributed by atoms with van der Waals surface area (Å²) in [5, 5.41) is 3.95. The molecular formula is C16H17N3O3. The van der Waals surface area contributed by atoms with E-state index in [1.54, 1.807) is 31.5 Å². The van der Waals surface area contributed by atoms with Crippen LogP contribution in [-0.2, 0) is 0 Å². The van der Waals surface area contributed by atoms with Crippen molar-refractivity contribution in [2.75, 3.05) is 13.7 Å². The number of rotatable bonds is 6. The Bertz CT molecular complexity index is 657. The quantitative estimate of drug-likeness (QED) is 0.656. The van der Waals surface area contributed by atoms with Gasteiger partial charge in [-0.05, 0) is 31.2 Å². The molecule has 114 valence electrons. The monoisotopic (exact) mass is 299 g/mol. The fraction of sp³-hybridized carbons (Fsp3) is 0.188. The largest absolute Gasteiger partial charge is 0.493 e. The molecule has 0 saturated carbocycles. The number of pyridine rings is 1. The number of ether oxygens (including phenoxy) is 2. The van der Waals surface area contributed by atoms with E-state index in [1.807, 2.05) is 19.1 Å². The number of nitrogens with zero attached hydrogens (tertiary/aromatic N) is 2. The fourth-order valence-corrected chi connectivity index (χ4v) is 1.82. The van der Waals surface area contributed by atoms with Crippen molar-refractivity contribution < 1.29 is 14.3 Å². The van der Waals surface area contributed by atoms with Crippen LogP contribution in [0.1, 0.15) is 22.8 Å². The van der Waals surface area contributed by atoms with Gasteiger partial charge in [-0.15, -0.1) is 0 Å². The van der Waals surface area contributed by atoms with Crippen LogP contribution in [0.3, 0.4) is 0 Å². The Morgan fingerprint density at radius 3 is 2.91 bits per heavy atom. The summed E-state index contributed by atoms with van der Waals surface area (Å²) >= 11 is 0. The number of hydrazone groups is 1. The number of methoxy groups -OCH3 is 1. The van der Waals surface area contributed by atoms with Gasteiger partial charge in [0, 0.05) is 18.0 Å². The number of carbonyl (C=O) groups is 1. The van der Waals surface area contributed by atoms with Gasteiger partial charge in [-0.1, -0.05) is 6.07 Å². The molecule has 1 aromatic heterocycles. The van der Waals surface area contributed by atoms with Crippen molar-refractivity contribution in [2.24, 2.45) is 5.10 Å². The van der Waals surface area contributed by atoms with Crippen molar-refractivity contribution >= 4 is 12.1 Å². The lowest BCUT2D eigenvalue weighted by atomic mass is 10.2. The van der Waals surface area contributed by atoms with E-state index in [1.165, 1.54) is 12.4 Å². The normalized spacial score (nSPS) is 10.5. The first kappa shape index (κ1) is 15.5. The van der Waals surface area contributed by atoms with Crippen molar-refractivity contribution in [3.8, 4) is 11.5 Å². The zero-order chi connectivity index (χ0) is 15.8. The molecule has 0 spiro atoms. The SMILES string of the molecule is CCOc1c(/C=N\NC(=O)c2cccnc2)cccc1OC. The summed E-state index contributed by atoms with van der Waals surface area (Å²) in [7, 11) is 1.57. The Kier molecular flexibility index (Phi) is 5.48. The highest BCUT2D eigenvalue weighted by Crippen LogP contribution is 2.29. The first-order valence-electron chi connectivity index (χ1n) is 6.79. The van der Waals surface area contributed by atoms with Gasteiger partial charge in [0.15, 0.2) is 11.5 Å². The van der Waals surface area contributed by atoms with Gasteiger partial charge in [0.1, 0.15) is 0 Å². The molecule has 2 rings (SSSR count). The Hall–Kier alpha value is -2.89. The van der Waals surface area contributed by atoms with Gasteiger partial charge < -0.3 is 9.47 Å². The molecule has 1 amide bonds. The number of benzene rings is 1. The second kappa shape index (κ2) is 7.78. The molecule has 1 N–H and O–H groups in total. The van der Waals surface area contributed by atoms with E-state index in [0.717, 1.165) is 0 Å². The van der Waals surface area contributed by atoms with E-state index in [0.29, 0.717) is 29.2 Å². The van der Waals surface area contributed by atoms with Crippen molar-refractivity contribution in [2.45, 2.75) is 6.92 Å². The van der Waals surface area contributed by atoms with Gasteiger partial charge in [-0.25, -0.2) is 5.43 Å². The molecule has 0 radical (unpaired) electrons. The lowest BCUT2D eigenvalue weighted by molar-refractivity contribution is 0.0954. The molecule has 0 unspecified atom stereocenters. The number of nitrogens with one attached hydrogen (secondary N) is 1. The first-order valence-corrected chi connectivity index (χ1v) is 6.79. The predicted octanol–water partition coefficient (Wildman–Crippen LogP) is 2.25. The summed E-state index contributed by atoms with van der Waals surface area (Å²) in [6, 6.07) is 8.80. The Labute approximate surface area is 128 Å². The average Bonchev–Trinajstić information content (AvgIpc) is 2.57. The van der Waals surface area contributed by atoms with Crippen molar-refractivity contribution in [1.29, 1.82) is 0 Å². The van der Waals surface area contributed by atoms with Crippen molar-refractivity contribution in [3.05, 3.63) is 53.9 Å². The molecule has 1 heterocycles. The van der Waals surface area contributed by atoms with Crippen molar-refractivity contribution in [3.63, 3.8) is 0 Å². The summed E-state index contributed by atoms with van der Waals surface area (Å²) in [4.78, 5) is 15.7. The lowest BCUT2D eigenvalue weighted by Gasteiger charge is -2.11. The number of para-hydroxylation sites is 1. The molecule has 0 bridgehead atoms. The van der Waals surface area contributed by atoms with E-state index >= 15 is 0 Å². The molecule has 6 heteroatoms. The van der Waals surface area contributed by atoms with Crippen LogP contribution in [0.4, 0.5) is 0 Å². The van der Waals surface area contributed by atoms with E-state index in [9.17, 15) is 4.79 Å². The summed E-state index contributed by atoms with van der Waals surface area (Å²) in [5.41, 5.74) is 3.60. The van der Waals surface area contributed by atoms with Crippen LogP contribution in [-0.4, -0.2) is 30.8 Å². The van der Waals surface area contributed by atoms with Crippen LogP contribution in [0.2, 0.25) is 0 Å². The molecule has 0 aliphatic carbocycles.